The highest BCUT2D eigenvalue weighted by Gasteiger charge is 2.15. The number of anilines is 1. The molecule has 0 fully saturated rings. The van der Waals surface area contributed by atoms with E-state index in [0.29, 0.717) is 12.4 Å². The fourth-order valence-corrected chi connectivity index (χ4v) is 2.80. The number of hydrogen-bond acceptors (Lipinski definition) is 3. The first-order chi connectivity index (χ1) is 11.5. The predicted octanol–water partition coefficient (Wildman–Crippen LogP) is 4.37. The van der Waals surface area contributed by atoms with E-state index in [2.05, 4.69) is 5.32 Å². The molecule has 24 heavy (non-hydrogen) atoms. The third-order valence-corrected chi connectivity index (χ3v) is 4.05. The minimum Gasteiger partial charge on any atom is -0.494 e. The van der Waals surface area contributed by atoms with Gasteiger partial charge in [0.1, 0.15) is 5.75 Å². The van der Waals surface area contributed by atoms with Gasteiger partial charge < -0.3 is 10.1 Å². The second-order valence-electron chi connectivity index (χ2n) is 4.80. The molecule has 0 heterocycles. The molecule has 0 saturated carbocycles. The van der Waals surface area contributed by atoms with E-state index in [1.165, 1.54) is 11.8 Å². The maximum atomic E-state index is 13.5. The Morgan fingerprint density at radius 1 is 1.12 bits per heavy atom. The van der Waals surface area contributed by atoms with Crippen molar-refractivity contribution < 1.29 is 22.7 Å². The Morgan fingerprint density at radius 2 is 1.88 bits per heavy atom. The average molecular weight is 355 g/mol. The summed E-state index contributed by atoms with van der Waals surface area (Å²) in [6.07, 6.45) is 0. The van der Waals surface area contributed by atoms with Gasteiger partial charge in [-0.05, 0) is 25.1 Å². The Kier molecular flexibility index (Phi) is 6.54. The molecule has 3 nitrogen and oxygen atoms in total. The predicted molar refractivity (Wildman–Crippen MR) is 88.7 cm³/mol. The monoisotopic (exact) mass is 355 g/mol. The number of ether oxygens (including phenoxy) is 1. The quantitative estimate of drug-likeness (QED) is 0.750. The van der Waals surface area contributed by atoms with Crippen LogP contribution >= 0.6 is 11.8 Å². The van der Waals surface area contributed by atoms with Gasteiger partial charge in [-0.3, -0.25) is 4.79 Å². The maximum absolute atomic E-state index is 13.5. The second kappa shape index (κ2) is 8.63. The average Bonchev–Trinajstić information content (AvgIpc) is 2.57. The van der Waals surface area contributed by atoms with Gasteiger partial charge in [-0.2, -0.15) is 0 Å². The van der Waals surface area contributed by atoms with Crippen molar-refractivity contribution in [1.82, 2.24) is 0 Å². The summed E-state index contributed by atoms with van der Waals surface area (Å²) >= 11 is 1.30. The molecule has 2 rings (SSSR count). The Morgan fingerprint density at radius 3 is 2.62 bits per heavy atom. The number of benzene rings is 2. The van der Waals surface area contributed by atoms with E-state index in [0.717, 1.165) is 23.4 Å². The number of carbonyl (C=O) groups excluding carboxylic acids is 1. The lowest BCUT2D eigenvalue weighted by Gasteiger charge is -2.10. The maximum Gasteiger partial charge on any atom is 0.234 e. The molecule has 1 amide bonds. The molecular formula is C17H16F3NO2S. The molecule has 0 spiro atoms. The number of carbonyl (C=O) groups is 1. The van der Waals surface area contributed by atoms with Crippen LogP contribution in [0.15, 0.2) is 36.4 Å². The van der Waals surface area contributed by atoms with E-state index in [4.69, 9.17) is 4.74 Å². The highest BCUT2D eigenvalue weighted by Crippen LogP contribution is 2.24. The molecule has 2 aromatic rings. The zero-order chi connectivity index (χ0) is 17.5. The van der Waals surface area contributed by atoms with Crippen LogP contribution in [0.1, 0.15) is 12.5 Å². The molecule has 2 aromatic carbocycles. The first-order valence-corrected chi connectivity index (χ1v) is 8.40. The Balaban J connectivity index is 1.89. The van der Waals surface area contributed by atoms with E-state index in [1.807, 2.05) is 31.2 Å². The van der Waals surface area contributed by atoms with E-state index in [1.54, 1.807) is 0 Å². The largest absolute Gasteiger partial charge is 0.494 e. The van der Waals surface area contributed by atoms with Gasteiger partial charge in [-0.25, -0.2) is 13.2 Å². The molecule has 0 radical (unpaired) electrons. The van der Waals surface area contributed by atoms with Crippen molar-refractivity contribution in [2.45, 2.75) is 12.7 Å². The van der Waals surface area contributed by atoms with Crippen LogP contribution in [0, 0.1) is 17.5 Å². The van der Waals surface area contributed by atoms with E-state index in [-0.39, 0.29) is 11.4 Å². The summed E-state index contributed by atoms with van der Waals surface area (Å²) in [6.45, 7) is 2.42. The van der Waals surface area contributed by atoms with Crippen molar-refractivity contribution in [3.05, 3.63) is 59.4 Å². The molecule has 0 aliphatic carbocycles. The summed E-state index contributed by atoms with van der Waals surface area (Å²) in [6, 6.07) is 9.22. The third-order valence-electron chi connectivity index (χ3n) is 3.07. The number of nitrogens with one attached hydrogen (secondary N) is 1. The summed E-state index contributed by atoms with van der Waals surface area (Å²) in [5, 5.41) is 2.23. The molecule has 0 atom stereocenters. The lowest BCUT2D eigenvalue weighted by Crippen LogP contribution is -2.16. The smallest absolute Gasteiger partial charge is 0.234 e. The van der Waals surface area contributed by atoms with E-state index in [9.17, 15) is 18.0 Å². The fraction of sp³-hybridized carbons (Fsp3) is 0.235. The van der Waals surface area contributed by atoms with Gasteiger partial charge in [0, 0.05) is 11.3 Å². The van der Waals surface area contributed by atoms with Gasteiger partial charge in [0.25, 0.3) is 0 Å². The Bertz CT molecular complexity index is 725. The fourth-order valence-electron chi connectivity index (χ4n) is 1.98. The molecule has 0 aliphatic rings. The number of halogens is 3. The SMILES string of the molecule is CCOc1ccccc1CSCC(=O)Nc1ccc(F)c(F)c1F. The number of hydrogen-bond donors (Lipinski definition) is 1. The first kappa shape index (κ1) is 18.2. The van der Waals surface area contributed by atoms with Crippen molar-refractivity contribution in [2.24, 2.45) is 0 Å². The minimum absolute atomic E-state index is 0.0406. The van der Waals surface area contributed by atoms with Crippen LogP contribution in [0.2, 0.25) is 0 Å². The zero-order valence-electron chi connectivity index (χ0n) is 12.9. The highest BCUT2D eigenvalue weighted by molar-refractivity contribution is 7.99. The van der Waals surface area contributed by atoms with Gasteiger partial charge in [0.2, 0.25) is 5.91 Å². The molecule has 0 bridgehead atoms. The van der Waals surface area contributed by atoms with Crippen LogP contribution < -0.4 is 10.1 Å². The Hall–Kier alpha value is -2.15. The number of rotatable bonds is 7. The second-order valence-corrected chi connectivity index (χ2v) is 5.79. The van der Waals surface area contributed by atoms with Gasteiger partial charge in [0.15, 0.2) is 17.5 Å². The molecule has 128 valence electrons. The summed E-state index contributed by atoms with van der Waals surface area (Å²) in [5.74, 6) is -3.49. The summed E-state index contributed by atoms with van der Waals surface area (Å²) in [7, 11) is 0. The first-order valence-electron chi connectivity index (χ1n) is 7.24. The lowest BCUT2D eigenvalue weighted by atomic mass is 10.2. The van der Waals surface area contributed by atoms with Crippen LogP contribution in [0.5, 0.6) is 5.75 Å². The molecule has 0 unspecified atom stereocenters. The van der Waals surface area contributed by atoms with Gasteiger partial charge in [-0.1, -0.05) is 18.2 Å². The normalized spacial score (nSPS) is 10.5. The minimum atomic E-state index is -1.61. The molecule has 0 saturated heterocycles. The van der Waals surface area contributed by atoms with Crippen LogP contribution in [-0.4, -0.2) is 18.3 Å². The Labute approximate surface area is 142 Å². The number of para-hydroxylation sites is 1. The summed E-state index contributed by atoms with van der Waals surface area (Å²) in [5.41, 5.74) is 0.561. The van der Waals surface area contributed by atoms with Crippen molar-refractivity contribution in [3.8, 4) is 5.75 Å². The van der Waals surface area contributed by atoms with Crippen molar-refractivity contribution in [2.75, 3.05) is 17.7 Å². The van der Waals surface area contributed by atoms with Crippen molar-refractivity contribution in [3.63, 3.8) is 0 Å². The summed E-state index contributed by atoms with van der Waals surface area (Å²) < 4.78 is 44.9. The van der Waals surface area contributed by atoms with E-state index >= 15 is 0 Å². The molecule has 1 N–H and O–H groups in total. The highest BCUT2D eigenvalue weighted by atomic mass is 32.2. The summed E-state index contributed by atoms with van der Waals surface area (Å²) in [4.78, 5) is 11.8. The molecular weight excluding hydrogens is 339 g/mol. The van der Waals surface area contributed by atoms with Gasteiger partial charge >= 0.3 is 0 Å². The lowest BCUT2D eigenvalue weighted by molar-refractivity contribution is -0.113. The van der Waals surface area contributed by atoms with Crippen LogP contribution in [-0.2, 0) is 10.5 Å². The topological polar surface area (TPSA) is 38.3 Å². The standard InChI is InChI=1S/C17H16F3NO2S/c1-2-23-14-6-4-3-5-11(14)9-24-10-15(22)21-13-8-7-12(18)16(19)17(13)20/h3-8H,2,9-10H2,1H3,(H,21,22). The third kappa shape index (κ3) is 4.67. The van der Waals surface area contributed by atoms with Crippen molar-refractivity contribution in [1.29, 1.82) is 0 Å². The van der Waals surface area contributed by atoms with Gasteiger partial charge in [-0.15, -0.1) is 11.8 Å². The van der Waals surface area contributed by atoms with E-state index < -0.39 is 23.4 Å². The molecule has 7 heteroatoms. The van der Waals surface area contributed by atoms with Crippen LogP contribution in [0.25, 0.3) is 0 Å². The number of amides is 1. The molecule has 0 aliphatic heterocycles. The van der Waals surface area contributed by atoms with Crippen LogP contribution in [0.4, 0.5) is 18.9 Å². The van der Waals surface area contributed by atoms with Crippen molar-refractivity contribution >= 4 is 23.4 Å². The van der Waals surface area contributed by atoms with Gasteiger partial charge in [0.05, 0.1) is 18.0 Å². The zero-order valence-corrected chi connectivity index (χ0v) is 13.8. The van der Waals surface area contributed by atoms with Crippen LogP contribution in [0.3, 0.4) is 0 Å². The number of thioether (sulfide) groups is 1. The molecule has 0 aromatic heterocycles.